The van der Waals surface area contributed by atoms with Crippen molar-refractivity contribution in [1.29, 1.82) is 0 Å². The zero-order valence-corrected chi connectivity index (χ0v) is 13.9. The van der Waals surface area contributed by atoms with Crippen molar-refractivity contribution < 1.29 is 8.42 Å². The lowest BCUT2D eigenvalue weighted by molar-refractivity contribution is 0.264. The molecule has 1 aromatic heterocycles. The second-order valence-electron chi connectivity index (χ2n) is 5.77. The smallest absolute Gasteiger partial charge is 0.303 e. The molecule has 2 N–H and O–H groups in total. The summed E-state index contributed by atoms with van der Waals surface area (Å²) in [6.07, 6.45) is 5.14. The number of anilines is 1. The molecule has 6 nitrogen and oxygen atoms in total. The summed E-state index contributed by atoms with van der Waals surface area (Å²) in [4.78, 5) is 5.65. The molecule has 2 aliphatic rings. The Hall–Kier alpha value is -0.700. The van der Waals surface area contributed by atoms with E-state index >= 15 is 0 Å². The predicted molar refractivity (Wildman–Crippen MR) is 84.9 cm³/mol. The van der Waals surface area contributed by atoms with Gasteiger partial charge in [0.2, 0.25) is 0 Å². The Labute approximate surface area is 130 Å². The van der Waals surface area contributed by atoms with E-state index in [2.05, 4.69) is 15.0 Å². The minimum atomic E-state index is -3.47. The molecule has 21 heavy (non-hydrogen) atoms. The number of thiazole rings is 1. The monoisotopic (exact) mass is 330 g/mol. The van der Waals surface area contributed by atoms with Crippen LogP contribution in [0.5, 0.6) is 0 Å². The van der Waals surface area contributed by atoms with Crippen LogP contribution >= 0.6 is 11.3 Å². The van der Waals surface area contributed by atoms with Crippen molar-refractivity contribution in [2.24, 2.45) is 5.92 Å². The number of piperidine rings is 1. The van der Waals surface area contributed by atoms with Gasteiger partial charge >= 0.3 is 10.2 Å². The van der Waals surface area contributed by atoms with Crippen LogP contribution in [-0.2, 0) is 23.1 Å². The first kappa shape index (κ1) is 15.2. The number of rotatable bonds is 5. The molecule has 2 heterocycles. The first-order valence-electron chi connectivity index (χ1n) is 7.49. The average Bonchev–Trinajstić information content (AvgIpc) is 3.00. The van der Waals surface area contributed by atoms with E-state index in [0.717, 1.165) is 44.3 Å². The van der Waals surface area contributed by atoms with Gasteiger partial charge < -0.3 is 5.32 Å². The van der Waals surface area contributed by atoms with Crippen molar-refractivity contribution in [1.82, 2.24) is 14.6 Å². The minimum absolute atomic E-state index is 0.390. The summed E-state index contributed by atoms with van der Waals surface area (Å²) < 4.78 is 29.2. The number of aryl methyl sites for hydroxylation is 2. The second-order valence-corrected chi connectivity index (χ2v) is 8.53. The fourth-order valence-electron chi connectivity index (χ4n) is 3.11. The molecule has 1 atom stereocenters. The number of nitrogens with zero attached hydrogens (tertiary/aromatic N) is 2. The van der Waals surface area contributed by atoms with E-state index in [1.807, 2.05) is 7.05 Å². The molecule has 1 aliphatic carbocycles. The molecule has 1 aliphatic heterocycles. The highest BCUT2D eigenvalue weighted by Crippen LogP contribution is 2.31. The lowest BCUT2D eigenvalue weighted by Gasteiger charge is -2.31. The first-order chi connectivity index (χ1) is 10.1. The Morgan fingerprint density at radius 2 is 2.24 bits per heavy atom. The summed E-state index contributed by atoms with van der Waals surface area (Å²) in [6, 6.07) is 0. The number of fused-ring (bicyclic) bond motifs is 1. The SMILES string of the molecule is CNCC1CCCN(S(=O)(=O)Nc2nc3c(s2)CCC3)C1. The van der Waals surface area contributed by atoms with Crippen molar-refractivity contribution in [3.63, 3.8) is 0 Å². The Bertz CT molecular complexity index is 576. The lowest BCUT2D eigenvalue weighted by Crippen LogP contribution is -2.44. The first-order valence-corrected chi connectivity index (χ1v) is 9.75. The maximum atomic E-state index is 12.5. The Morgan fingerprint density at radius 1 is 1.38 bits per heavy atom. The van der Waals surface area contributed by atoms with E-state index < -0.39 is 10.2 Å². The summed E-state index contributed by atoms with van der Waals surface area (Å²) in [5.41, 5.74) is 1.07. The molecule has 1 saturated heterocycles. The van der Waals surface area contributed by atoms with Crippen LogP contribution < -0.4 is 10.0 Å². The topological polar surface area (TPSA) is 74.3 Å². The Kier molecular flexibility index (Phi) is 4.49. The number of nitrogens with one attached hydrogen (secondary N) is 2. The van der Waals surface area contributed by atoms with Crippen LogP contribution in [0.1, 0.15) is 29.8 Å². The van der Waals surface area contributed by atoms with Gasteiger partial charge in [-0.25, -0.2) is 9.71 Å². The fourth-order valence-corrected chi connectivity index (χ4v) is 5.67. The van der Waals surface area contributed by atoms with E-state index in [-0.39, 0.29) is 0 Å². The maximum Gasteiger partial charge on any atom is 0.303 e. The van der Waals surface area contributed by atoms with E-state index in [0.29, 0.717) is 24.1 Å². The molecule has 0 amide bonds. The molecule has 3 rings (SSSR count). The molecule has 0 spiro atoms. The zero-order chi connectivity index (χ0) is 14.9. The molecule has 0 aromatic carbocycles. The van der Waals surface area contributed by atoms with Crippen molar-refractivity contribution in [2.75, 3.05) is 31.4 Å². The molecule has 118 valence electrons. The van der Waals surface area contributed by atoms with Crippen molar-refractivity contribution >= 4 is 26.7 Å². The predicted octanol–water partition coefficient (Wildman–Crippen LogP) is 1.22. The van der Waals surface area contributed by atoms with Gasteiger partial charge in [-0.2, -0.15) is 12.7 Å². The zero-order valence-electron chi connectivity index (χ0n) is 12.3. The van der Waals surface area contributed by atoms with E-state index in [9.17, 15) is 8.42 Å². The number of aromatic nitrogens is 1. The number of hydrogen-bond donors (Lipinski definition) is 2. The molecule has 1 aromatic rings. The van der Waals surface area contributed by atoms with Crippen molar-refractivity contribution in [3.05, 3.63) is 10.6 Å². The third-order valence-corrected chi connectivity index (χ3v) is 6.79. The van der Waals surface area contributed by atoms with Crippen LogP contribution in [0, 0.1) is 5.92 Å². The fraction of sp³-hybridized carbons (Fsp3) is 0.769. The van der Waals surface area contributed by atoms with Crippen LogP contribution in [0.4, 0.5) is 5.13 Å². The molecule has 0 bridgehead atoms. The van der Waals surface area contributed by atoms with E-state index in [1.54, 1.807) is 4.31 Å². The van der Waals surface area contributed by atoms with Gasteiger partial charge in [0.05, 0.1) is 5.69 Å². The maximum absolute atomic E-state index is 12.5. The highest BCUT2D eigenvalue weighted by atomic mass is 32.2. The van der Waals surface area contributed by atoms with Gasteiger partial charge in [-0.3, -0.25) is 0 Å². The van der Waals surface area contributed by atoms with E-state index in [4.69, 9.17) is 0 Å². The van der Waals surface area contributed by atoms with Gasteiger partial charge in [-0.1, -0.05) is 0 Å². The summed E-state index contributed by atoms with van der Waals surface area (Å²) >= 11 is 1.48. The number of hydrogen-bond acceptors (Lipinski definition) is 5. The molecule has 0 radical (unpaired) electrons. The third-order valence-electron chi connectivity index (χ3n) is 4.13. The van der Waals surface area contributed by atoms with Gasteiger partial charge in [0.25, 0.3) is 0 Å². The van der Waals surface area contributed by atoms with Crippen LogP contribution in [0.2, 0.25) is 0 Å². The summed E-state index contributed by atoms with van der Waals surface area (Å²) in [6.45, 7) is 2.04. The molecule has 0 saturated carbocycles. The van der Waals surface area contributed by atoms with Crippen LogP contribution in [-0.4, -0.2) is 44.4 Å². The molecule has 1 fully saturated rings. The van der Waals surface area contributed by atoms with Crippen LogP contribution in [0.25, 0.3) is 0 Å². The summed E-state index contributed by atoms with van der Waals surface area (Å²) in [5, 5.41) is 3.66. The van der Waals surface area contributed by atoms with Crippen LogP contribution in [0.15, 0.2) is 0 Å². The largest absolute Gasteiger partial charge is 0.319 e. The Morgan fingerprint density at radius 3 is 3.00 bits per heavy atom. The van der Waals surface area contributed by atoms with Gasteiger partial charge in [0.15, 0.2) is 5.13 Å². The molecular weight excluding hydrogens is 308 g/mol. The van der Waals surface area contributed by atoms with Gasteiger partial charge in [0, 0.05) is 18.0 Å². The highest BCUT2D eigenvalue weighted by molar-refractivity contribution is 7.90. The van der Waals surface area contributed by atoms with Gasteiger partial charge in [-0.05, 0) is 51.6 Å². The Balaban J connectivity index is 1.67. The lowest BCUT2D eigenvalue weighted by atomic mass is 10.00. The molecule has 8 heteroatoms. The standard InChI is InChI=1S/C13H22N4O2S2/c1-14-8-10-4-3-7-17(9-10)21(18,19)16-13-15-11-5-2-6-12(11)20-13/h10,14H,2-9H2,1H3,(H,15,16). The quantitative estimate of drug-likeness (QED) is 0.851. The van der Waals surface area contributed by atoms with Crippen molar-refractivity contribution in [3.8, 4) is 0 Å². The third kappa shape index (κ3) is 3.39. The summed E-state index contributed by atoms with van der Waals surface area (Å²) in [7, 11) is -1.57. The molecular formula is C13H22N4O2S2. The van der Waals surface area contributed by atoms with Crippen LogP contribution in [0.3, 0.4) is 0 Å². The van der Waals surface area contributed by atoms with Crippen molar-refractivity contribution in [2.45, 2.75) is 32.1 Å². The normalized spacial score (nSPS) is 23.2. The highest BCUT2D eigenvalue weighted by Gasteiger charge is 2.29. The van der Waals surface area contributed by atoms with Gasteiger partial charge in [-0.15, -0.1) is 11.3 Å². The molecule has 1 unspecified atom stereocenters. The second kappa shape index (κ2) is 6.20. The summed E-state index contributed by atoms with van der Waals surface area (Å²) in [5.74, 6) is 0.390. The minimum Gasteiger partial charge on any atom is -0.319 e. The van der Waals surface area contributed by atoms with E-state index in [1.165, 1.54) is 16.2 Å². The average molecular weight is 330 g/mol. The van der Waals surface area contributed by atoms with Gasteiger partial charge in [0.1, 0.15) is 0 Å².